The summed E-state index contributed by atoms with van der Waals surface area (Å²) in [6, 6.07) is 9.73. The van der Waals surface area contributed by atoms with Gasteiger partial charge in [-0.05, 0) is 24.8 Å². The van der Waals surface area contributed by atoms with Gasteiger partial charge in [-0.15, -0.1) is 0 Å². The van der Waals surface area contributed by atoms with Crippen LogP contribution in [0, 0.1) is 5.92 Å². The van der Waals surface area contributed by atoms with Crippen LogP contribution in [-0.2, 0) is 25.9 Å². The van der Waals surface area contributed by atoms with Gasteiger partial charge in [0.05, 0.1) is 5.92 Å². The minimum absolute atomic E-state index is 0.0612. The van der Waals surface area contributed by atoms with Crippen molar-refractivity contribution < 1.29 is 32.5 Å². The molecule has 23 heavy (non-hydrogen) atoms. The molecule has 126 valence electrons. The minimum atomic E-state index is -5.18. The first-order valence-corrected chi connectivity index (χ1v) is 7.13. The summed E-state index contributed by atoms with van der Waals surface area (Å²) in [7, 11) is 0. The average Bonchev–Trinajstić information content (AvgIpc) is 2.99. The van der Waals surface area contributed by atoms with E-state index in [1.54, 1.807) is 0 Å². The molecule has 1 fully saturated rings. The molecule has 5 nitrogen and oxygen atoms in total. The predicted molar refractivity (Wildman–Crippen MR) is 72.6 cm³/mol. The molecular formula is C15H16F3NO4. The Morgan fingerprint density at radius 3 is 2.48 bits per heavy atom. The zero-order chi connectivity index (χ0) is 16.9. The second-order valence-electron chi connectivity index (χ2n) is 5.34. The van der Waals surface area contributed by atoms with E-state index in [1.165, 1.54) is 0 Å². The molecule has 0 saturated heterocycles. The highest BCUT2D eigenvalue weighted by atomic mass is 19.4. The maximum Gasteiger partial charge on any atom is 0.495 e. The number of alkyl halides is 3. The molecule has 0 aromatic heterocycles. The van der Waals surface area contributed by atoms with Crippen LogP contribution < -0.4 is 5.32 Å². The molecule has 2 atom stereocenters. The third-order valence-electron chi connectivity index (χ3n) is 3.63. The van der Waals surface area contributed by atoms with Gasteiger partial charge in [0.2, 0.25) is 0 Å². The molecule has 2 unspecified atom stereocenters. The monoisotopic (exact) mass is 331 g/mol. The molecular weight excluding hydrogens is 315 g/mol. The van der Waals surface area contributed by atoms with E-state index in [-0.39, 0.29) is 6.04 Å². The Bertz CT molecular complexity index is 547. The highest BCUT2D eigenvalue weighted by molar-refractivity contribution is 5.77. The molecule has 1 aromatic rings. The summed E-state index contributed by atoms with van der Waals surface area (Å²) in [5, 5.41) is 3.28. The van der Waals surface area contributed by atoms with Gasteiger partial charge in [0, 0.05) is 12.6 Å². The number of rotatable bonds is 4. The third kappa shape index (κ3) is 5.24. The predicted octanol–water partition coefficient (Wildman–Crippen LogP) is 2.51. The highest BCUT2D eigenvalue weighted by Gasteiger charge is 2.43. The van der Waals surface area contributed by atoms with E-state index in [9.17, 15) is 22.8 Å². The maximum atomic E-state index is 11.9. The fourth-order valence-corrected chi connectivity index (χ4v) is 2.43. The Kier molecular flexibility index (Phi) is 5.59. The van der Waals surface area contributed by atoms with E-state index in [4.69, 9.17) is 0 Å². The minimum Gasteiger partial charge on any atom is -0.310 e. The zero-order valence-corrected chi connectivity index (χ0v) is 12.1. The van der Waals surface area contributed by atoms with Crippen molar-refractivity contribution in [2.24, 2.45) is 5.92 Å². The molecule has 1 aromatic carbocycles. The number of carbonyl (C=O) groups excluding carboxylic acids is 2. The third-order valence-corrected chi connectivity index (χ3v) is 3.63. The van der Waals surface area contributed by atoms with E-state index in [0.29, 0.717) is 25.8 Å². The van der Waals surface area contributed by atoms with Crippen LogP contribution in [0.5, 0.6) is 0 Å². The molecule has 0 radical (unpaired) electrons. The molecule has 1 aliphatic carbocycles. The van der Waals surface area contributed by atoms with Crippen LogP contribution in [0.4, 0.5) is 13.2 Å². The van der Waals surface area contributed by atoms with Crippen LogP contribution in [0.15, 0.2) is 30.3 Å². The van der Waals surface area contributed by atoms with Crippen molar-refractivity contribution >= 4 is 11.9 Å². The van der Waals surface area contributed by atoms with Crippen molar-refractivity contribution in [3.63, 3.8) is 0 Å². The Morgan fingerprint density at radius 1 is 1.13 bits per heavy atom. The van der Waals surface area contributed by atoms with Gasteiger partial charge in [-0.25, -0.2) is 19.4 Å². The number of nitrogens with one attached hydrogen (secondary N) is 1. The van der Waals surface area contributed by atoms with E-state index in [1.807, 2.05) is 30.3 Å². The SMILES string of the molecule is O=C(OOC(=O)C(F)(F)F)C1CCC(NCc2ccccc2)C1. The Labute approximate surface area is 130 Å². The van der Waals surface area contributed by atoms with Crippen molar-refractivity contribution in [1.29, 1.82) is 0 Å². The van der Waals surface area contributed by atoms with E-state index >= 15 is 0 Å². The molecule has 0 spiro atoms. The summed E-state index contributed by atoms with van der Waals surface area (Å²) in [5.41, 5.74) is 1.10. The molecule has 1 aliphatic rings. The number of carbonyl (C=O) groups is 2. The lowest BCUT2D eigenvalue weighted by Crippen LogP contribution is -2.29. The molecule has 1 N–H and O–H groups in total. The van der Waals surface area contributed by atoms with Crippen molar-refractivity contribution in [2.75, 3.05) is 0 Å². The van der Waals surface area contributed by atoms with Crippen LogP contribution in [0.3, 0.4) is 0 Å². The van der Waals surface area contributed by atoms with Crippen molar-refractivity contribution in [1.82, 2.24) is 5.32 Å². The molecule has 2 rings (SSSR count). The van der Waals surface area contributed by atoms with Gasteiger partial charge in [-0.3, -0.25) is 0 Å². The lowest BCUT2D eigenvalue weighted by atomic mass is 10.1. The van der Waals surface area contributed by atoms with Crippen molar-refractivity contribution in [2.45, 2.75) is 38.0 Å². The van der Waals surface area contributed by atoms with Gasteiger partial charge in [-0.2, -0.15) is 13.2 Å². The molecule has 1 saturated carbocycles. The summed E-state index contributed by atoms with van der Waals surface area (Å²) in [6.45, 7) is 0.635. The summed E-state index contributed by atoms with van der Waals surface area (Å²) in [5.74, 6) is -4.07. The van der Waals surface area contributed by atoms with Crippen LogP contribution in [0.25, 0.3) is 0 Å². The first-order chi connectivity index (χ1) is 10.9. The average molecular weight is 331 g/mol. The highest BCUT2D eigenvalue weighted by Crippen LogP contribution is 2.27. The number of benzene rings is 1. The first kappa shape index (κ1) is 17.3. The second-order valence-corrected chi connectivity index (χ2v) is 5.34. The van der Waals surface area contributed by atoms with Gasteiger partial charge in [-0.1, -0.05) is 30.3 Å². The van der Waals surface area contributed by atoms with Gasteiger partial charge in [0.15, 0.2) is 0 Å². The molecule has 0 bridgehead atoms. The number of hydrogen-bond donors (Lipinski definition) is 1. The largest absolute Gasteiger partial charge is 0.495 e. The quantitative estimate of drug-likeness (QED) is 0.678. The number of halogens is 3. The molecule has 8 heteroatoms. The lowest BCUT2D eigenvalue weighted by molar-refractivity contribution is -0.288. The first-order valence-electron chi connectivity index (χ1n) is 7.13. The van der Waals surface area contributed by atoms with Gasteiger partial charge < -0.3 is 5.32 Å². The Hall–Kier alpha value is -2.09. The molecule has 0 aliphatic heterocycles. The fraction of sp³-hybridized carbons (Fsp3) is 0.467. The molecule has 0 heterocycles. The van der Waals surface area contributed by atoms with E-state index in [0.717, 1.165) is 5.56 Å². The van der Waals surface area contributed by atoms with Crippen LogP contribution >= 0.6 is 0 Å². The second kappa shape index (κ2) is 7.45. The smallest absolute Gasteiger partial charge is 0.310 e. The number of hydrogen-bond acceptors (Lipinski definition) is 5. The summed E-state index contributed by atoms with van der Waals surface area (Å²) < 4.78 is 35.8. The summed E-state index contributed by atoms with van der Waals surface area (Å²) in [6.07, 6.45) is -3.60. The van der Waals surface area contributed by atoms with Crippen LogP contribution in [0.2, 0.25) is 0 Å². The molecule has 0 amide bonds. The van der Waals surface area contributed by atoms with Crippen LogP contribution in [0.1, 0.15) is 24.8 Å². The van der Waals surface area contributed by atoms with Gasteiger partial charge >= 0.3 is 18.1 Å². The van der Waals surface area contributed by atoms with E-state index in [2.05, 4.69) is 15.1 Å². The maximum absolute atomic E-state index is 11.9. The standard InChI is InChI=1S/C15H16F3NO4/c16-15(17,18)14(21)23-22-13(20)11-6-7-12(8-11)19-9-10-4-2-1-3-5-10/h1-5,11-12,19H,6-9H2. The zero-order valence-electron chi connectivity index (χ0n) is 12.1. The fourth-order valence-electron chi connectivity index (χ4n) is 2.43. The Balaban J connectivity index is 1.72. The normalized spacial score (nSPS) is 21.0. The lowest BCUT2D eigenvalue weighted by Gasteiger charge is -2.13. The van der Waals surface area contributed by atoms with Crippen molar-refractivity contribution in [3.05, 3.63) is 35.9 Å². The van der Waals surface area contributed by atoms with Crippen LogP contribution in [-0.4, -0.2) is 24.2 Å². The van der Waals surface area contributed by atoms with Crippen molar-refractivity contribution in [3.8, 4) is 0 Å². The van der Waals surface area contributed by atoms with Gasteiger partial charge in [0.1, 0.15) is 0 Å². The van der Waals surface area contributed by atoms with E-state index < -0.39 is 24.0 Å². The summed E-state index contributed by atoms with van der Waals surface area (Å²) in [4.78, 5) is 29.6. The summed E-state index contributed by atoms with van der Waals surface area (Å²) >= 11 is 0. The Morgan fingerprint density at radius 2 is 1.83 bits per heavy atom. The topological polar surface area (TPSA) is 64.6 Å². The van der Waals surface area contributed by atoms with Gasteiger partial charge in [0.25, 0.3) is 0 Å².